The zero-order valence-corrected chi connectivity index (χ0v) is 8.68. The molecule has 1 aromatic carbocycles. The molecule has 1 rings (SSSR count). The minimum atomic E-state index is -4.76. The van der Waals surface area contributed by atoms with Gasteiger partial charge in [0.15, 0.2) is 0 Å². The maximum atomic E-state index is 13.1. The standard InChI is InChI=1S/C11H8F4O2/c1-6(4-10(16)17)7-2-3-8(9(12)5-7)11(13,14)15/h2-5H,1H3,(H,16,17)/b6-4-. The molecule has 0 radical (unpaired) electrons. The third-order valence-corrected chi connectivity index (χ3v) is 2.07. The van der Waals surface area contributed by atoms with Crippen LogP contribution in [0.1, 0.15) is 18.1 Å². The first kappa shape index (κ1) is 13.2. The molecule has 0 aliphatic rings. The average Bonchev–Trinajstić information content (AvgIpc) is 2.14. The molecule has 0 aromatic heterocycles. The quantitative estimate of drug-likeness (QED) is 0.643. The number of hydrogen-bond acceptors (Lipinski definition) is 1. The summed E-state index contributed by atoms with van der Waals surface area (Å²) in [5.74, 6) is -2.67. The van der Waals surface area contributed by atoms with Crippen LogP contribution < -0.4 is 0 Å². The summed E-state index contributed by atoms with van der Waals surface area (Å²) < 4.78 is 49.9. The lowest BCUT2D eigenvalue weighted by Crippen LogP contribution is -2.08. The summed E-state index contributed by atoms with van der Waals surface area (Å²) in [5.41, 5.74) is -1.10. The van der Waals surface area contributed by atoms with Crippen molar-refractivity contribution in [2.24, 2.45) is 0 Å². The van der Waals surface area contributed by atoms with Gasteiger partial charge in [-0.15, -0.1) is 0 Å². The molecule has 0 saturated heterocycles. The maximum Gasteiger partial charge on any atom is 0.419 e. The number of carboxylic acids is 1. The molecule has 2 nitrogen and oxygen atoms in total. The number of carbonyl (C=O) groups is 1. The normalized spacial score (nSPS) is 12.6. The number of carboxylic acid groups (broad SMARTS) is 1. The molecule has 0 bridgehead atoms. The lowest BCUT2D eigenvalue weighted by molar-refractivity contribution is -0.140. The van der Waals surface area contributed by atoms with E-state index in [-0.39, 0.29) is 11.1 Å². The van der Waals surface area contributed by atoms with E-state index in [0.29, 0.717) is 12.1 Å². The number of hydrogen-bond donors (Lipinski definition) is 1. The molecule has 0 amide bonds. The van der Waals surface area contributed by atoms with Crippen LogP contribution in [0.2, 0.25) is 0 Å². The van der Waals surface area contributed by atoms with E-state index in [9.17, 15) is 22.4 Å². The molecular formula is C11H8F4O2. The van der Waals surface area contributed by atoms with Crippen molar-refractivity contribution in [2.45, 2.75) is 13.1 Å². The summed E-state index contributed by atoms with van der Waals surface area (Å²) >= 11 is 0. The van der Waals surface area contributed by atoms with Crippen LogP contribution in [0.5, 0.6) is 0 Å². The van der Waals surface area contributed by atoms with Crippen LogP contribution in [0.15, 0.2) is 24.3 Å². The minimum absolute atomic E-state index is 0.0953. The molecule has 0 aliphatic heterocycles. The van der Waals surface area contributed by atoms with Crippen molar-refractivity contribution >= 4 is 11.5 Å². The fraction of sp³-hybridized carbons (Fsp3) is 0.182. The first-order valence-electron chi connectivity index (χ1n) is 4.50. The van der Waals surface area contributed by atoms with Crippen LogP contribution >= 0.6 is 0 Å². The first-order chi connectivity index (χ1) is 7.71. The Labute approximate surface area is 94.2 Å². The highest BCUT2D eigenvalue weighted by molar-refractivity contribution is 5.89. The molecule has 1 aromatic rings. The van der Waals surface area contributed by atoms with E-state index in [2.05, 4.69) is 0 Å². The lowest BCUT2D eigenvalue weighted by atomic mass is 10.0. The van der Waals surface area contributed by atoms with Crippen LogP contribution in [0, 0.1) is 5.82 Å². The summed E-state index contributed by atoms with van der Waals surface area (Å²) in [7, 11) is 0. The molecule has 0 aliphatic carbocycles. The zero-order chi connectivity index (χ0) is 13.2. The highest BCUT2D eigenvalue weighted by Crippen LogP contribution is 2.32. The van der Waals surface area contributed by atoms with Crippen molar-refractivity contribution in [1.82, 2.24) is 0 Å². The summed E-state index contributed by atoms with van der Waals surface area (Å²) in [6.07, 6.45) is -3.96. The fourth-order valence-corrected chi connectivity index (χ4v) is 1.26. The first-order valence-corrected chi connectivity index (χ1v) is 4.50. The number of halogens is 4. The second-order valence-electron chi connectivity index (χ2n) is 3.36. The highest BCUT2D eigenvalue weighted by Gasteiger charge is 2.33. The monoisotopic (exact) mass is 248 g/mol. The van der Waals surface area contributed by atoms with Crippen LogP contribution in [0.3, 0.4) is 0 Å². The zero-order valence-electron chi connectivity index (χ0n) is 8.68. The Hall–Kier alpha value is -1.85. The largest absolute Gasteiger partial charge is 0.478 e. The predicted molar refractivity (Wildman–Crippen MR) is 52.7 cm³/mol. The Morgan fingerprint density at radius 2 is 1.94 bits per heavy atom. The van der Waals surface area contributed by atoms with Gasteiger partial charge in [-0.1, -0.05) is 6.07 Å². The summed E-state index contributed by atoms with van der Waals surface area (Å²) in [5, 5.41) is 8.45. The van der Waals surface area contributed by atoms with Crippen molar-refractivity contribution in [3.8, 4) is 0 Å². The number of alkyl halides is 3. The SMILES string of the molecule is C/C(=C/C(=O)O)c1ccc(C(F)(F)F)c(F)c1. The Balaban J connectivity index is 3.18. The number of rotatable bonds is 2. The molecule has 1 N–H and O–H groups in total. The molecule has 92 valence electrons. The van der Waals surface area contributed by atoms with Gasteiger partial charge in [0.2, 0.25) is 0 Å². The van der Waals surface area contributed by atoms with E-state index in [4.69, 9.17) is 5.11 Å². The molecule has 0 unspecified atom stereocenters. The van der Waals surface area contributed by atoms with Crippen molar-refractivity contribution in [3.63, 3.8) is 0 Å². The Morgan fingerprint density at radius 3 is 2.35 bits per heavy atom. The van der Waals surface area contributed by atoms with Gasteiger partial charge in [0.05, 0.1) is 5.56 Å². The minimum Gasteiger partial charge on any atom is -0.478 e. The van der Waals surface area contributed by atoms with Crippen LogP contribution in [-0.4, -0.2) is 11.1 Å². The summed E-state index contributed by atoms with van der Waals surface area (Å²) in [4.78, 5) is 10.3. The molecule has 0 fully saturated rings. The van der Waals surface area contributed by atoms with Gasteiger partial charge in [-0.3, -0.25) is 0 Å². The van der Waals surface area contributed by atoms with Crippen LogP contribution in [0.4, 0.5) is 17.6 Å². The second kappa shape index (κ2) is 4.57. The summed E-state index contributed by atoms with van der Waals surface area (Å²) in [6.45, 7) is 1.37. The third-order valence-electron chi connectivity index (χ3n) is 2.07. The van der Waals surface area contributed by atoms with Gasteiger partial charge in [-0.05, 0) is 30.2 Å². The lowest BCUT2D eigenvalue weighted by Gasteiger charge is -2.09. The Bertz CT molecular complexity index is 475. The second-order valence-corrected chi connectivity index (χ2v) is 3.36. The number of benzene rings is 1. The maximum absolute atomic E-state index is 13.1. The van der Waals surface area contributed by atoms with E-state index in [0.717, 1.165) is 12.1 Å². The smallest absolute Gasteiger partial charge is 0.419 e. The average molecular weight is 248 g/mol. The van der Waals surface area contributed by atoms with E-state index < -0.39 is 23.5 Å². The van der Waals surface area contributed by atoms with Gasteiger partial charge >= 0.3 is 12.1 Å². The van der Waals surface area contributed by atoms with Crippen molar-refractivity contribution in [2.75, 3.05) is 0 Å². The molecule has 0 spiro atoms. The van der Waals surface area contributed by atoms with Gasteiger partial charge in [-0.2, -0.15) is 13.2 Å². The van der Waals surface area contributed by atoms with Crippen molar-refractivity contribution < 1.29 is 27.5 Å². The molecular weight excluding hydrogens is 240 g/mol. The van der Waals surface area contributed by atoms with Crippen molar-refractivity contribution in [1.29, 1.82) is 0 Å². The molecule has 0 heterocycles. The number of allylic oxidation sites excluding steroid dienone is 1. The molecule has 17 heavy (non-hydrogen) atoms. The topological polar surface area (TPSA) is 37.3 Å². The van der Waals surface area contributed by atoms with Crippen molar-refractivity contribution in [3.05, 3.63) is 41.2 Å². The van der Waals surface area contributed by atoms with Crippen LogP contribution in [-0.2, 0) is 11.0 Å². The molecule has 0 saturated carbocycles. The third kappa shape index (κ3) is 3.30. The van der Waals surface area contributed by atoms with Crippen LogP contribution in [0.25, 0.3) is 5.57 Å². The fourth-order valence-electron chi connectivity index (χ4n) is 1.26. The molecule has 6 heteroatoms. The van der Waals surface area contributed by atoms with Gasteiger partial charge in [0.1, 0.15) is 5.82 Å². The number of aliphatic carboxylic acids is 1. The van der Waals surface area contributed by atoms with E-state index in [1.807, 2.05) is 0 Å². The summed E-state index contributed by atoms with van der Waals surface area (Å²) in [6, 6.07) is 2.28. The highest BCUT2D eigenvalue weighted by atomic mass is 19.4. The Kier molecular flexibility index (Phi) is 3.55. The van der Waals surface area contributed by atoms with Gasteiger partial charge in [0.25, 0.3) is 0 Å². The van der Waals surface area contributed by atoms with Gasteiger partial charge < -0.3 is 5.11 Å². The molecule has 0 atom stereocenters. The predicted octanol–water partition coefficient (Wildman–Crippen LogP) is 3.33. The van der Waals surface area contributed by atoms with E-state index in [1.54, 1.807) is 0 Å². The van der Waals surface area contributed by atoms with Gasteiger partial charge in [0, 0.05) is 6.08 Å². The van der Waals surface area contributed by atoms with E-state index >= 15 is 0 Å². The Morgan fingerprint density at radius 1 is 1.35 bits per heavy atom. The van der Waals surface area contributed by atoms with Gasteiger partial charge in [-0.25, -0.2) is 9.18 Å². The van der Waals surface area contributed by atoms with E-state index in [1.165, 1.54) is 6.92 Å².